The fraction of sp³-hybridized carbons (Fsp3) is 0.400. The van der Waals surface area contributed by atoms with E-state index in [2.05, 4.69) is 62.3 Å². The largest absolute Gasteiger partial charge is 0.271 e. The van der Waals surface area contributed by atoms with Crippen LogP contribution in [0, 0.1) is 6.92 Å². The molecule has 0 saturated carbocycles. The monoisotopic (exact) mass is 414 g/mol. The first-order valence-corrected chi connectivity index (χ1v) is 8.49. The van der Waals surface area contributed by atoms with Crippen molar-refractivity contribution < 1.29 is 0 Å². The second-order valence-corrected chi connectivity index (χ2v) is 6.71. The van der Waals surface area contributed by atoms with Crippen molar-refractivity contribution in [3.05, 3.63) is 49.7 Å². The Morgan fingerprint density at radius 1 is 1.38 bits per heavy atom. The summed E-state index contributed by atoms with van der Waals surface area (Å²) in [4.78, 5) is 0. The van der Waals surface area contributed by atoms with Gasteiger partial charge in [0.25, 0.3) is 0 Å². The second-order valence-electron chi connectivity index (χ2n) is 5.06. The Balaban J connectivity index is 2.36. The number of nitrogens with zero attached hydrogens (tertiary/aromatic N) is 2. The van der Waals surface area contributed by atoms with Gasteiger partial charge < -0.3 is 0 Å². The van der Waals surface area contributed by atoms with Gasteiger partial charge in [0.15, 0.2) is 0 Å². The first-order valence-electron chi connectivity index (χ1n) is 6.90. The highest BCUT2D eigenvalue weighted by atomic mass is 79.9. The summed E-state index contributed by atoms with van der Waals surface area (Å²) < 4.78 is 4.11. The van der Waals surface area contributed by atoms with Gasteiger partial charge in [-0.2, -0.15) is 5.10 Å². The van der Waals surface area contributed by atoms with E-state index in [4.69, 9.17) is 5.84 Å². The second kappa shape index (κ2) is 7.05. The van der Waals surface area contributed by atoms with Crippen molar-refractivity contribution in [2.75, 3.05) is 0 Å². The van der Waals surface area contributed by atoms with Crippen LogP contribution in [-0.4, -0.2) is 9.78 Å². The maximum Gasteiger partial charge on any atom is 0.0766 e. The molecule has 21 heavy (non-hydrogen) atoms. The number of aromatic nitrogens is 2. The molecule has 3 N–H and O–H groups in total. The maximum atomic E-state index is 5.80. The standard InChI is InChI=1S/C15H20Br2N4/c1-4-12-15(17)14(21(3)20-12)8-13(19-18)10-6-5-7-11(16)9(10)2/h5-7,13,19H,4,8,18H2,1-3H3. The highest BCUT2D eigenvalue weighted by molar-refractivity contribution is 9.10. The summed E-state index contributed by atoms with van der Waals surface area (Å²) in [5.74, 6) is 5.80. The zero-order chi connectivity index (χ0) is 15.6. The number of benzene rings is 1. The van der Waals surface area contributed by atoms with E-state index in [1.165, 1.54) is 11.1 Å². The Labute approximate surface area is 142 Å². The van der Waals surface area contributed by atoms with Gasteiger partial charge in [-0.05, 0) is 46.5 Å². The van der Waals surface area contributed by atoms with E-state index >= 15 is 0 Å². The predicted octanol–water partition coefficient (Wildman–Crippen LogP) is 3.56. The zero-order valence-corrected chi connectivity index (χ0v) is 15.6. The van der Waals surface area contributed by atoms with Gasteiger partial charge in [-0.25, -0.2) is 0 Å². The van der Waals surface area contributed by atoms with Gasteiger partial charge in [0.2, 0.25) is 0 Å². The van der Waals surface area contributed by atoms with Crippen molar-refractivity contribution in [1.29, 1.82) is 0 Å². The molecule has 0 fully saturated rings. The lowest BCUT2D eigenvalue weighted by Crippen LogP contribution is -2.30. The fourth-order valence-corrected chi connectivity index (χ4v) is 3.65. The molecular weight excluding hydrogens is 396 g/mol. The summed E-state index contributed by atoms with van der Waals surface area (Å²) >= 11 is 7.24. The minimum Gasteiger partial charge on any atom is -0.271 e. The Morgan fingerprint density at radius 3 is 2.67 bits per heavy atom. The number of nitrogens with two attached hydrogens (primary N) is 1. The third-order valence-electron chi connectivity index (χ3n) is 3.79. The Hall–Kier alpha value is -0.690. The molecule has 0 saturated heterocycles. The molecule has 1 unspecified atom stereocenters. The molecule has 1 heterocycles. The molecule has 0 aliphatic rings. The number of hydrogen-bond donors (Lipinski definition) is 2. The van der Waals surface area contributed by atoms with Crippen LogP contribution in [0.15, 0.2) is 27.1 Å². The minimum absolute atomic E-state index is 0.0407. The van der Waals surface area contributed by atoms with Gasteiger partial charge in [0.05, 0.1) is 21.9 Å². The average Bonchev–Trinajstić information content (AvgIpc) is 2.74. The lowest BCUT2D eigenvalue weighted by Gasteiger charge is -2.19. The number of rotatable bonds is 5. The number of nitrogens with one attached hydrogen (secondary N) is 1. The van der Waals surface area contributed by atoms with Crippen LogP contribution in [0.5, 0.6) is 0 Å². The zero-order valence-electron chi connectivity index (χ0n) is 12.5. The van der Waals surface area contributed by atoms with E-state index in [-0.39, 0.29) is 6.04 Å². The Bertz CT molecular complexity index is 637. The molecule has 1 atom stereocenters. The molecule has 0 aliphatic heterocycles. The molecule has 0 amide bonds. The van der Waals surface area contributed by atoms with E-state index in [9.17, 15) is 0 Å². The summed E-state index contributed by atoms with van der Waals surface area (Å²) in [6.45, 7) is 4.20. The summed E-state index contributed by atoms with van der Waals surface area (Å²) in [5.41, 5.74) is 7.56. The Kier molecular flexibility index (Phi) is 5.60. The third kappa shape index (κ3) is 3.39. The van der Waals surface area contributed by atoms with Crippen LogP contribution in [0.25, 0.3) is 0 Å². The van der Waals surface area contributed by atoms with E-state index in [0.29, 0.717) is 0 Å². The van der Waals surface area contributed by atoms with Crippen molar-refractivity contribution in [3.8, 4) is 0 Å². The SMILES string of the molecule is CCc1nn(C)c(CC(NN)c2cccc(Br)c2C)c1Br. The summed E-state index contributed by atoms with van der Waals surface area (Å²) in [7, 11) is 1.97. The summed E-state index contributed by atoms with van der Waals surface area (Å²) in [6, 6.07) is 6.22. The van der Waals surface area contributed by atoms with Gasteiger partial charge in [-0.15, -0.1) is 0 Å². The van der Waals surface area contributed by atoms with Gasteiger partial charge in [-0.1, -0.05) is 35.0 Å². The van der Waals surface area contributed by atoms with Crippen LogP contribution in [0.4, 0.5) is 0 Å². The van der Waals surface area contributed by atoms with Gasteiger partial charge in [0, 0.05) is 17.9 Å². The normalized spacial score (nSPS) is 12.7. The molecule has 0 bridgehead atoms. The number of hydrogen-bond acceptors (Lipinski definition) is 3. The van der Waals surface area contributed by atoms with E-state index in [1.807, 2.05) is 23.9 Å². The fourth-order valence-electron chi connectivity index (χ4n) is 2.50. The van der Waals surface area contributed by atoms with Crippen LogP contribution in [0.3, 0.4) is 0 Å². The van der Waals surface area contributed by atoms with Gasteiger partial charge >= 0.3 is 0 Å². The van der Waals surface area contributed by atoms with Crippen LogP contribution in [0.2, 0.25) is 0 Å². The highest BCUT2D eigenvalue weighted by Crippen LogP contribution is 2.29. The topological polar surface area (TPSA) is 55.9 Å². The van der Waals surface area contributed by atoms with Crippen molar-refractivity contribution in [2.45, 2.75) is 32.7 Å². The van der Waals surface area contributed by atoms with E-state index in [0.717, 1.165) is 33.2 Å². The molecule has 114 valence electrons. The lowest BCUT2D eigenvalue weighted by atomic mass is 9.98. The lowest BCUT2D eigenvalue weighted by molar-refractivity contribution is 0.526. The van der Waals surface area contributed by atoms with Crippen LogP contribution >= 0.6 is 31.9 Å². The smallest absolute Gasteiger partial charge is 0.0766 e. The van der Waals surface area contributed by atoms with Crippen LogP contribution in [0.1, 0.15) is 35.5 Å². The van der Waals surface area contributed by atoms with Gasteiger partial charge in [-0.3, -0.25) is 16.0 Å². The van der Waals surface area contributed by atoms with E-state index in [1.54, 1.807) is 0 Å². The van der Waals surface area contributed by atoms with E-state index < -0.39 is 0 Å². The highest BCUT2D eigenvalue weighted by Gasteiger charge is 2.20. The number of halogens is 2. The summed E-state index contributed by atoms with van der Waals surface area (Å²) in [5, 5.41) is 4.54. The molecule has 0 aliphatic carbocycles. The molecule has 0 radical (unpaired) electrons. The van der Waals surface area contributed by atoms with Crippen molar-refractivity contribution >= 4 is 31.9 Å². The van der Waals surface area contributed by atoms with Crippen LogP contribution < -0.4 is 11.3 Å². The predicted molar refractivity (Wildman–Crippen MR) is 92.9 cm³/mol. The Morgan fingerprint density at radius 2 is 2.10 bits per heavy atom. The molecule has 1 aromatic heterocycles. The maximum absolute atomic E-state index is 5.80. The summed E-state index contributed by atoms with van der Waals surface area (Å²) in [6.07, 6.45) is 1.68. The molecule has 0 spiro atoms. The molecule has 6 heteroatoms. The molecule has 1 aromatic carbocycles. The minimum atomic E-state index is 0.0407. The van der Waals surface area contributed by atoms with Gasteiger partial charge in [0.1, 0.15) is 0 Å². The van der Waals surface area contributed by atoms with Crippen LogP contribution in [-0.2, 0) is 19.9 Å². The van der Waals surface area contributed by atoms with Crippen molar-refractivity contribution in [1.82, 2.24) is 15.2 Å². The average molecular weight is 416 g/mol. The molecule has 2 aromatic rings. The molecule has 4 nitrogen and oxygen atoms in total. The van der Waals surface area contributed by atoms with Crippen molar-refractivity contribution in [3.63, 3.8) is 0 Å². The first kappa shape index (κ1) is 16.7. The third-order valence-corrected chi connectivity index (χ3v) is 5.56. The molecular formula is C15H20Br2N4. The number of hydrazine groups is 1. The first-order chi connectivity index (χ1) is 9.99. The molecule has 2 rings (SSSR count). The number of aryl methyl sites for hydroxylation is 2. The van der Waals surface area contributed by atoms with Crippen molar-refractivity contribution in [2.24, 2.45) is 12.9 Å². The quantitative estimate of drug-likeness (QED) is 0.579.